The summed E-state index contributed by atoms with van der Waals surface area (Å²) < 4.78 is 5.44. The second-order valence-electron chi connectivity index (χ2n) is 5.03. The maximum atomic E-state index is 5.44. The fourth-order valence-electron chi connectivity index (χ4n) is 2.20. The van der Waals surface area contributed by atoms with Gasteiger partial charge >= 0.3 is 0 Å². The number of rotatable bonds is 7. The van der Waals surface area contributed by atoms with E-state index in [1.165, 1.54) is 21.6 Å². The van der Waals surface area contributed by atoms with Crippen molar-refractivity contribution in [2.24, 2.45) is 0 Å². The maximum Gasteiger partial charge on any atom is 0.122 e. The van der Waals surface area contributed by atoms with Crippen LogP contribution in [0.15, 0.2) is 47.4 Å². The molecule has 0 heterocycles. The van der Waals surface area contributed by atoms with Crippen LogP contribution in [0.3, 0.4) is 0 Å². The molecular formula is C18H23NOS. The fourth-order valence-corrected chi connectivity index (χ4v) is 3.15. The first kappa shape index (κ1) is 15.9. The van der Waals surface area contributed by atoms with Gasteiger partial charge in [-0.1, -0.05) is 36.8 Å². The Morgan fingerprint density at radius 3 is 2.76 bits per heavy atom. The van der Waals surface area contributed by atoms with Gasteiger partial charge < -0.3 is 10.1 Å². The van der Waals surface area contributed by atoms with Crippen LogP contribution in [0.5, 0.6) is 5.75 Å². The largest absolute Gasteiger partial charge is 0.496 e. The molecule has 1 N–H and O–H groups in total. The van der Waals surface area contributed by atoms with Gasteiger partial charge in [-0.25, -0.2) is 0 Å². The lowest BCUT2D eigenvalue weighted by atomic mass is 10.1. The van der Waals surface area contributed by atoms with Crippen LogP contribution in [0.25, 0.3) is 0 Å². The predicted octanol–water partition coefficient (Wildman–Crippen LogP) is 4.41. The van der Waals surface area contributed by atoms with E-state index in [9.17, 15) is 0 Å². The lowest BCUT2D eigenvalue weighted by molar-refractivity contribution is 0.411. The number of nitrogens with one attached hydrogen (secondary N) is 1. The summed E-state index contributed by atoms with van der Waals surface area (Å²) in [4.78, 5) is 1.30. The Morgan fingerprint density at radius 1 is 1.14 bits per heavy atom. The number of aryl methyl sites for hydroxylation is 1. The van der Waals surface area contributed by atoms with Gasteiger partial charge in [-0.3, -0.25) is 0 Å². The van der Waals surface area contributed by atoms with E-state index in [4.69, 9.17) is 4.74 Å². The molecule has 0 radical (unpaired) electrons. The number of hydrogen-bond donors (Lipinski definition) is 1. The Bertz CT molecular complexity index is 583. The van der Waals surface area contributed by atoms with Crippen molar-refractivity contribution in [3.8, 4) is 5.75 Å². The molecule has 0 aliphatic carbocycles. The third-order valence-corrected chi connectivity index (χ3v) is 4.35. The molecule has 0 fully saturated rings. The summed E-state index contributed by atoms with van der Waals surface area (Å²) in [5, 5.41) is 3.36. The highest BCUT2D eigenvalue weighted by molar-refractivity contribution is 7.98. The summed E-state index contributed by atoms with van der Waals surface area (Å²) in [6, 6.07) is 15.1. The quantitative estimate of drug-likeness (QED) is 0.766. The van der Waals surface area contributed by atoms with Gasteiger partial charge in [0.1, 0.15) is 5.75 Å². The third kappa shape index (κ3) is 4.80. The van der Waals surface area contributed by atoms with E-state index in [0.717, 1.165) is 24.6 Å². The summed E-state index contributed by atoms with van der Waals surface area (Å²) in [7, 11) is 1.73. The number of thioether (sulfide) groups is 1. The van der Waals surface area contributed by atoms with Crippen molar-refractivity contribution in [2.45, 2.75) is 31.0 Å². The number of benzene rings is 2. The van der Waals surface area contributed by atoms with E-state index >= 15 is 0 Å². The van der Waals surface area contributed by atoms with Crippen LogP contribution in [0.2, 0.25) is 0 Å². The average molecular weight is 301 g/mol. The molecule has 0 aliphatic heterocycles. The second-order valence-corrected chi connectivity index (χ2v) is 6.08. The summed E-state index contributed by atoms with van der Waals surface area (Å²) in [6.07, 6.45) is 0. The van der Waals surface area contributed by atoms with E-state index in [0.29, 0.717) is 0 Å². The summed E-state index contributed by atoms with van der Waals surface area (Å²) in [6.45, 7) is 6.17. The molecule has 0 saturated carbocycles. The molecule has 0 atom stereocenters. The van der Waals surface area contributed by atoms with Crippen LogP contribution < -0.4 is 10.1 Å². The minimum absolute atomic E-state index is 0.926. The molecule has 2 aromatic rings. The monoisotopic (exact) mass is 301 g/mol. The minimum atomic E-state index is 0.926. The van der Waals surface area contributed by atoms with E-state index in [1.807, 2.05) is 17.8 Å². The van der Waals surface area contributed by atoms with Gasteiger partial charge in [-0.2, -0.15) is 0 Å². The van der Waals surface area contributed by atoms with Crippen LogP contribution in [-0.4, -0.2) is 13.7 Å². The summed E-state index contributed by atoms with van der Waals surface area (Å²) >= 11 is 1.85. The van der Waals surface area contributed by atoms with E-state index in [2.05, 4.69) is 55.6 Å². The van der Waals surface area contributed by atoms with E-state index in [-0.39, 0.29) is 0 Å². The van der Waals surface area contributed by atoms with Crippen LogP contribution in [0.1, 0.15) is 23.6 Å². The smallest absolute Gasteiger partial charge is 0.122 e. The number of hydrogen-bond acceptors (Lipinski definition) is 3. The first-order valence-electron chi connectivity index (χ1n) is 7.29. The van der Waals surface area contributed by atoms with Gasteiger partial charge in [0.15, 0.2) is 0 Å². The molecule has 0 bridgehead atoms. The van der Waals surface area contributed by atoms with Crippen LogP contribution in [0.4, 0.5) is 0 Å². The zero-order chi connectivity index (χ0) is 15.1. The zero-order valence-corrected chi connectivity index (χ0v) is 13.8. The van der Waals surface area contributed by atoms with Gasteiger partial charge in [0.2, 0.25) is 0 Å². The lowest BCUT2D eigenvalue weighted by Crippen LogP contribution is -2.11. The molecule has 0 spiro atoms. The summed E-state index contributed by atoms with van der Waals surface area (Å²) in [5.41, 5.74) is 3.85. The molecule has 0 aliphatic rings. The fraction of sp³-hybridized carbons (Fsp3) is 0.333. The third-order valence-electron chi connectivity index (χ3n) is 3.31. The molecule has 0 saturated heterocycles. The van der Waals surface area contributed by atoms with Crippen molar-refractivity contribution in [1.82, 2.24) is 5.32 Å². The van der Waals surface area contributed by atoms with Crippen LogP contribution in [0, 0.1) is 6.92 Å². The zero-order valence-electron chi connectivity index (χ0n) is 13.0. The Balaban J connectivity index is 2.04. The second kappa shape index (κ2) is 8.11. The van der Waals surface area contributed by atoms with Gasteiger partial charge in [-0.05, 0) is 37.2 Å². The van der Waals surface area contributed by atoms with Crippen LogP contribution >= 0.6 is 11.8 Å². The molecule has 2 rings (SSSR count). The molecule has 2 aromatic carbocycles. The van der Waals surface area contributed by atoms with Gasteiger partial charge in [0.25, 0.3) is 0 Å². The highest BCUT2D eigenvalue weighted by Gasteiger charge is 2.04. The molecule has 0 amide bonds. The average Bonchev–Trinajstić information content (AvgIpc) is 2.51. The molecule has 0 aromatic heterocycles. The number of ether oxygens (including phenoxy) is 1. The maximum absolute atomic E-state index is 5.44. The summed E-state index contributed by atoms with van der Waals surface area (Å²) in [5.74, 6) is 1.90. The van der Waals surface area contributed by atoms with Crippen molar-refractivity contribution in [1.29, 1.82) is 0 Å². The van der Waals surface area contributed by atoms with Crippen molar-refractivity contribution in [3.05, 3.63) is 59.2 Å². The first-order valence-corrected chi connectivity index (χ1v) is 8.27. The van der Waals surface area contributed by atoms with E-state index < -0.39 is 0 Å². The number of methoxy groups -OCH3 is 1. The highest BCUT2D eigenvalue weighted by Crippen LogP contribution is 2.29. The molecule has 3 heteroatoms. The van der Waals surface area contributed by atoms with Crippen molar-refractivity contribution >= 4 is 11.8 Å². The lowest BCUT2D eigenvalue weighted by Gasteiger charge is -2.10. The van der Waals surface area contributed by atoms with Crippen molar-refractivity contribution in [3.63, 3.8) is 0 Å². The SMILES string of the molecule is CCNCc1cccc(SCc2cc(C)ccc2OC)c1. The van der Waals surface area contributed by atoms with E-state index in [1.54, 1.807) is 7.11 Å². The van der Waals surface area contributed by atoms with Gasteiger partial charge in [0.05, 0.1) is 7.11 Å². The van der Waals surface area contributed by atoms with Gasteiger partial charge in [0, 0.05) is 22.8 Å². The molecule has 2 nitrogen and oxygen atoms in total. The Morgan fingerprint density at radius 2 is 2.00 bits per heavy atom. The normalized spacial score (nSPS) is 10.6. The van der Waals surface area contributed by atoms with Crippen molar-refractivity contribution < 1.29 is 4.74 Å². The topological polar surface area (TPSA) is 21.3 Å². The van der Waals surface area contributed by atoms with Crippen LogP contribution in [-0.2, 0) is 12.3 Å². The molecule has 112 valence electrons. The predicted molar refractivity (Wildman–Crippen MR) is 91.1 cm³/mol. The molecule has 0 unspecified atom stereocenters. The van der Waals surface area contributed by atoms with Gasteiger partial charge in [-0.15, -0.1) is 11.8 Å². The molecule has 21 heavy (non-hydrogen) atoms. The minimum Gasteiger partial charge on any atom is -0.496 e. The highest BCUT2D eigenvalue weighted by atomic mass is 32.2. The first-order chi connectivity index (χ1) is 10.2. The Labute approximate surface area is 131 Å². The van der Waals surface area contributed by atoms with Crippen molar-refractivity contribution in [2.75, 3.05) is 13.7 Å². The standard InChI is InChI=1S/C18H23NOS/c1-4-19-12-15-6-5-7-17(11-15)21-13-16-10-14(2)8-9-18(16)20-3/h5-11,19H,4,12-13H2,1-3H3. The molecular weight excluding hydrogens is 278 g/mol. The Kier molecular flexibility index (Phi) is 6.15. The Hall–Kier alpha value is -1.45.